The van der Waals surface area contributed by atoms with Crippen molar-refractivity contribution in [1.29, 1.82) is 0 Å². The maximum absolute atomic E-state index is 11.5. The van der Waals surface area contributed by atoms with Crippen molar-refractivity contribution in [3.63, 3.8) is 0 Å². The smallest absolute Gasteiger partial charge is 0.340 e. The number of carbonyl (C=O) groups is 1. The lowest BCUT2D eigenvalue weighted by Gasteiger charge is -2.10. The molecule has 1 N–H and O–H groups in total. The summed E-state index contributed by atoms with van der Waals surface area (Å²) in [5.74, 6) is -0.381. The highest BCUT2D eigenvalue weighted by Gasteiger charge is 2.16. The quantitative estimate of drug-likeness (QED) is 0.789. The van der Waals surface area contributed by atoms with Gasteiger partial charge in [0.25, 0.3) is 0 Å². The highest BCUT2D eigenvalue weighted by molar-refractivity contribution is 6.04. The van der Waals surface area contributed by atoms with Crippen LogP contribution < -0.4 is 4.74 Å². The van der Waals surface area contributed by atoms with Crippen LogP contribution >= 0.6 is 0 Å². The fourth-order valence-corrected chi connectivity index (χ4v) is 2.00. The van der Waals surface area contributed by atoms with E-state index in [2.05, 4.69) is 15.0 Å². The summed E-state index contributed by atoms with van der Waals surface area (Å²) >= 11 is 0. The van der Waals surface area contributed by atoms with Crippen molar-refractivity contribution < 1.29 is 14.6 Å². The lowest BCUT2D eigenvalue weighted by atomic mass is 10.1. The summed E-state index contributed by atoms with van der Waals surface area (Å²) in [6, 6.07) is 8.73. The molecule has 0 aliphatic rings. The number of carboxylic acids is 1. The van der Waals surface area contributed by atoms with E-state index in [1.165, 1.54) is 6.20 Å². The summed E-state index contributed by atoms with van der Waals surface area (Å²) in [6.07, 6.45) is 4.61. The molecule has 3 rings (SSSR count). The zero-order valence-electron chi connectivity index (χ0n) is 10.9. The molecule has 21 heavy (non-hydrogen) atoms. The van der Waals surface area contributed by atoms with Gasteiger partial charge in [0.05, 0.1) is 11.7 Å². The van der Waals surface area contributed by atoms with Crippen LogP contribution in [-0.2, 0) is 6.61 Å². The lowest BCUT2D eigenvalue weighted by molar-refractivity contribution is 0.0694. The van der Waals surface area contributed by atoms with E-state index in [0.717, 1.165) is 0 Å². The molecule has 0 fully saturated rings. The highest BCUT2D eigenvalue weighted by Crippen LogP contribution is 2.26. The van der Waals surface area contributed by atoms with Crippen LogP contribution in [0.25, 0.3) is 10.9 Å². The monoisotopic (exact) mass is 281 g/mol. The van der Waals surface area contributed by atoms with E-state index >= 15 is 0 Å². The van der Waals surface area contributed by atoms with E-state index in [-0.39, 0.29) is 17.9 Å². The predicted molar refractivity (Wildman–Crippen MR) is 75.1 cm³/mol. The third kappa shape index (κ3) is 2.64. The molecular formula is C15H11N3O3. The number of ether oxygens (including phenoxy) is 1. The third-order valence-electron chi connectivity index (χ3n) is 2.93. The molecule has 0 aliphatic heterocycles. The van der Waals surface area contributed by atoms with Crippen LogP contribution in [0.1, 0.15) is 16.2 Å². The van der Waals surface area contributed by atoms with Gasteiger partial charge in [-0.25, -0.2) is 14.8 Å². The minimum absolute atomic E-state index is 0.0845. The first-order valence-electron chi connectivity index (χ1n) is 6.25. The molecule has 0 aliphatic carbocycles. The molecule has 1 aromatic carbocycles. The standard InChI is InChI=1S/C15H11N3O3/c19-15(20)14-10-4-1-2-5-11(10)18-8-12(14)21-9-13-16-6-3-7-17-13/h1-8H,9H2,(H,19,20). The first-order chi connectivity index (χ1) is 10.3. The Hall–Kier alpha value is -3.02. The molecule has 0 saturated carbocycles. The normalized spacial score (nSPS) is 10.5. The van der Waals surface area contributed by atoms with Gasteiger partial charge in [-0.2, -0.15) is 0 Å². The summed E-state index contributed by atoms with van der Waals surface area (Å²) in [7, 11) is 0. The topological polar surface area (TPSA) is 85.2 Å². The number of hydrogen-bond donors (Lipinski definition) is 1. The number of aromatic carboxylic acids is 1. The Morgan fingerprint density at radius 2 is 1.86 bits per heavy atom. The van der Waals surface area contributed by atoms with E-state index in [4.69, 9.17) is 4.74 Å². The molecule has 6 heteroatoms. The number of fused-ring (bicyclic) bond motifs is 1. The Morgan fingerprint density at radius 1 is 1.10 bits per heavy atom. The predicted octanol–water partition coefficient (Wildman–Crippen LogP) is 2.30. The van der Waals surface area contributed by atoms with Gasteiger partial charge >= 0.3 is 5.97 Å². The van der Waals surface area contributed by atoms with Gasteiger partial charge in [-0.15, -0.1) is 0 Å². The molecule has 0 spiro atoms. The molecule has 104 valence electrons. The van der Waals surface area contributed by atoms with Crippen LogP contribution in [0, 0.1) is 0 Å². The summed E-state index contributed by atoms with van der Waals surface area (Å²) in [6.45, 7) is 0.0845. The third-order valence-corrected chi connectivity index (χ3v) is 2.93. The van der Waals surface area contributed by atoms with E-state index in [1.54, 1.807) is 42.7 Å². The van der Waals surface area contributed by atoms with Gasteiger partial charge in [-0.05, 0) is 12.1 Å². The molecule has 2 heterocycles. The Labute approximate surface area is 120 Å². The minimum Gasteiger partial charge on any atom is -0.483 e. The average molecular weight is 281 g/mol. The van der Waals surface area contributed by atoms with Gasteiger partial charge in [0.1, 0.15) is 12.2 Å². The minimum atomic E-state index is -1.06. The van der Waals surface area contributed by atoms with E-state index < -0.39 is 5.97 Å². The number of aromatic nitrogens is 3. The van der Waals surface area contributed by atoms with Crippen LogP contribution in [0.2, 0.25) is 0 Å². The van der Waals surface area contributed by atoms with Gasteiger partial charge in [-0.3, -0.25) is 4.98 Å². The summed E-state index contributed by atoms with van der Waals surface area (Å²) in [5, 5.41) is 9.96. The van der Waals surface area contributed by atoms with Gasteiger partial charge < -0.3 is 9.84 Å². The number of nitrogens with zero attached hydrogens (tertiary/aromatic N) is 3. The van der Waals surface area contributed by atoms with Gasteiger partial charge in [0, 0.05) is 17.8 Å². The van der Waals surface area contributed by atoms with Crippen molar-refractivity contribution in [3.05, 3.63) is 60.3 Å². The summed E-state index contributed by atoms with van der Waals surface area (Å²) < 4.78 is 5.52. The zero-order chi connectivity index (χ0) is 14.7. The molecule has 0 bridgehead atoms. The molecule has 0 atom stereocenters. The van der Waals surface area contributed by atoms with E-state index in [9.17, 15) is 9.90 Å². The first-order valence-corrected chi connectivity index (χ1v) is 6.25. The molecule has 0 saturated heterocycles. The van der Waals surface area contributed by atoms with E-state index in [1.807, 2.05) is 0 Å². The SMILES string of the molecule is O=C(O)c1c(OCc2ncccn2)cnc2ccccc12. The second-order valence-electron chi connectivity index (χ2n) is 4.27. The zero-order valence-corrected chi connectivity index (χ0v) is 10.9. The molecule has 2 aromatic heterocycles. The van der Waals surface area contributed by atoms with Crippen molar-refractivity contribution >= 4 is 16.9 Å². The fourth-order valence-electron chi connectivity index (χ4n) is 2.00. The number of pyridine rings is 1. The molecule has 0 radical (unpaired) electrons. The number of rotatable bonds is 4. The van der Waals surface area contributed by atoms with Crippen molar-refractivity contribution in [1.82, 2.24) is 15.0 Å². The second kappa shape index (κ2) is 5.54. The largest absolute Gasteiger partial charge is 0.483 e. The second-order valence-corrected chi connectivity index (χ2v) is 4.27. The summed E-state index contributed by atoms with van der Waals surface area (Å²) in [4.78, 5) is 23.8. The summed E-state index contributed by atoms with van der Waals surface area (Å²) in [5.41, 5.74) is 0.703. The van der Waals surface area contributed by atoms with Crippen LogP contribution in [-0.4, -0.2) is 26.0 Å². The van der Waals surface area contributed by atoms with E-state index in [0.29, 0.717) is 16.7 Å². The number of hydrogen-bond acceptors (Lipinski definition) is 5. The van der Waals surface area contributed by atoms with Crippen LogP contribution in [0.3, 0.4) is 0 Å². The molecule has 3 aromatic rings. The number of benzene rings is 1. The Morgan fingerprint density at radius 3 is 2.62 bits per heavy atom. The fraction of sp³-hybridized carbons (Fsp3) is 0.0667. The van der Waals surface area contributed by atoms with Crippen LogP contribution in [0.5, 0.6) is 5.75 Å². The van der Waals surface area contributed by atoms with Crippen LogP contribution in [0.15, 0.2) is 48.9 Å². The lowest BCUT2D eigenvalue weighted by Crippen LogP contribution is -2.07. The highest BCUT2D eigenvalue weighted by atomic mass is 16.5. The number of carboxylic acid groups (broad SMARTS) is 1. The molecular weight excluding hydrogens is 270 g/mol. The molecule has 0 unspecified atom stereocenters. The van der Waals surface area contributed by atoms with Crippen LogP contribution in [0.4, 0.5) is 0 Å². The maximum atomic E-state index is 11.5. The van der Waals surface area contributed by atoms with Crippen molar-refractivity contribution in [3.8, 4) is 5.75 Å². The molecule has 0 amide bonds. The van der Waals surface area contributed by atoms with Crippen molar-refractivity contribution in [2.24, 2.45) is 0 Å². The Balaban J connectivity index is 1.98. The first kappa shape index (κ1) is 13.0. The number of para-hydroxylation sites is 1. The Kier molecular flexibility index (Phi) is 3.42. The van der Waals surface area contributed by atoms with Crippen molar-refractivity contribution in [2.75, 3.05) is 0 Å². The van der Waals surface area contributed by atoms with Gasteiger partial charge in [0.2, 0.25) is 0 Å². The van der Waals surface area contributed by atoms with Crippen molar-refractivity contribution in [2.45, 2.75) is 6.61 Å². The maximum Gasteiger partial charge on any atom is 0.340 e. The molecule has 6 nitrogen and oxygen atoms in total. The van der Waals surface area contributed by atoms with Gasteiger partial charge in [-0.1, -0.05) is 18.2 Å². The Bertz CT molecular complexity index is 791. The average Bonchev–Trinajstić information content (AvgIpc) is 2.53. The van der Waals surface area contributed by atoms with Gasteiger partial charge in [0.15, 0.2) is 11.6 Å².